The topological polar surface area (TPSA) is 101 Å². The first-order chi connectivity index (χ1) is 15.2. The fourth-order valence-electron chi connectivity index (χ4n) is 3.53. The molecule has 0 bridgehead atoms. The van der Waals surface area contributed by atoms with E-state index in [2.05, 4.69) is 5.32 Å². The van der Waals surface area contributed by atoms with Crippen molar-refractivity contribution in [2.45, 2.75) is 32.4 Å². The van der Waals surface area contributed by atoms with Gasteiger partial charge < -0.3 is 29.0 Å². The van der Waals surface area contributed by atoms with E-state index in [1.807, 2.05) is 45.0 Å². The fourth-order valence-corrected chi connectivity index (χ4v) is 3.53. The largest absolute Gasteiger partial charge is 0.496 e. The Hall–Kier alpha value is -3.49. The van der Waals surface area contributed by atoms with E-state index in [1.165, 1.54) is 12.3 Å². The summed E-state index contributed by atoms with van der Waals surface area (Å²) in [4.78, 5) is 41.1. The molecule has 2 aromatic rings. The number of rotatable bonds is 5. The number of benzene rings is 1. The average molecular weight is 444 g/mol. The Labute approximate surface area is 187 Å². The van der Waals surface area contributed by atoms with Crippen LogP contribution in [0.15, 0.2) is 47.1 Å². The van der Waals surface area contributed by atoms with Gasteiger partial charge in [0.15, 0.2) is 5.76 Å². The van der Waals surface area contributed by atoms with Crippen molar-refractivity contribution in [2.75, 3.05) is 33.3 Å². The van der Waals surface area contributed by atoms with Crippen LogP contribution in [0, 0.1) is 0 Å². The number of methoxy groups -OCH3 is 1. The first-order valence-corrected chi connectivity index (χ1v) is 10.4. The van der Waals surface area contributed by atoms with Crippen LogP contribution in [0.1, 0.15) is 42.9 Å². The van der Waals surface area contributed by atoms with Gasteiger partial charge in [0.2, 0.25) is 5.91 Å². The standard InChI is InChI=1S/C23H29N3O6/c1-23(2,3)32-22(29)25-11-12-26(17(15-25)16-8-5-6-9-18(16)30-4)20(27)14-24-21(28)19-10-7-13-31-19/h5-10,13,17H,11-12,14-15H2,1-4H3,(H,24,28)/t17-/m1/s1. The maximum absolute atomic E-state index is 13.1. The number of nitrogens with one attached hydrogen (secondary N) is 1. The van der Waals surface area contributed by atoms with Gasteiger partial charge in [-0.25, -0.2) is 4.79 Å². The molecule has 9 heteroatoms. The van der Waals surface area contributed by atoms with E-state index < -0.39 is 23.6 Å². The third-order valence-electron chi connectivity index (χ3n) is 5.00. The molecule has 1 aromatic carbocycles. The van der Waals surface area contributed by atoms with Crippen LogP contribution in [0.3, 0.4) is 0 Å². The van der Waals surface area contributed by atoms with E-state index in [0.29, 0.717) is 12.3 Å². The van der Waals surface area contributed by atoms with Gasteiger partial charge in [0.25, 0.3) is 5.91 Å². The number of furan rings is 1. The van der Waals surface area contributed by atoms with Crippen molar-refractivity contribution in [1.82, 2.24) is 15.1 Å². The molecule has 3 rings (SSSR count). The molecule has 1 fully saturated rings. The number of para-hydroxylation sites is 1. The lowest BCUT2D eigenvalue weighted by Gasteiger charge is -2.42. The van der Waals surface area contributed by atoms with E-state index in [0.717, 1.165) is 5.56 Å². The van der Waals surface area contributed by atoms with Gasteiger partial charge in [-0.3, -0.25) is 9.59 Å². The summed E-state index contributed by atoms with van der Waals surface area (Å²) in [5, 5.41) is 2.59. The number of hydrogen-bond donors (Lipinski definition) is 1. The van der Waals surface area contributed by atoms with Gasteiger partial charge in [0, 0.05) is 25.2 Å². The molecule has 1 aliphatic heterocycles. The molecule has 0 unspecified atom stereocenters. The van der Waals surface area contributed by atoms with Crippen LogP contribution >= 0.6 is 0 Å². The lowest BCUT2D eigenvalue weighted by molar-refractivity contribution is -0.135. The lowest BCUT2D eigenvalue weighted by Crippen LogP contribution is -2.54. The van der Waals surface area contributed by atoms with Gasteiger partial charge >= 0.3 is 6.09 Å². The van der Waals surface area contributed by atoms with Gasteiger partial charge in [0.1, 0.15) is 11.4 Å². The summed E-state index contributed by atoms with van der Waals surface area (Å²) in [6, 6.07) is 10.0. The van der Waals surface area contributed by atoms with E-state index in [-0.39, 0.29) is 31.3 Å². The van der Waals surface area contributed by atoms with Crippen LogP contribution in [0.5, 0.6) is 5.75 Å². The molecule has 3 amide bonds. The molecular weight excluding hydrogens is 414 g/mol. The molecule has 172 valence electrons. The molecule has 0 saturated carbocycles. The zero-order valence-electron chi connectivity index (χ0n) is 18.8. The van der Waals surface area contributed by atoms with Crippen molar-refractivity contribution in [1.29, 1.82) is 0 Å². The molecule has 1 saturated heterocycles. The third kappa shape index (κ3) is 5.60. The number of carbonyl (C=O) groups excluding carboxylic acids is 3. The first-order valence-electron chi connectivity index (χ1n) is 10.4. The molecule has 0 spiro atoms. The highest BCUT2D eigenvalue weighted by molar-refractivity contribution is 5.94. The van der Waals surface area contributed by atoms with Crippen LogP contribution in [0.4, 0.5) is 4.79 Å². The molecular formula is C23H29N3O6. The second-order valence-corrected chi connectivity index (χ2v) is 8.43. The second-order valence-electron chi connectivity index (χ2n) is 8.43. The number of nitrogens with zero attached hydrogens (tertiary/aromatic N) is 2. The van der Waals surface area contributed by atoms with Crippen molar-refractivity contribution in [3.8, 4) is 5.75 Å². The highest BCUT2D eigenvalue weighted by atomic mass is 16.6. The summed E-state index contributed by atoms with van der Waals surface area (Å²) >= 11 is 0. The SMILES string of the molecule is COc1ccccc1[C@H]1CN(C(=O)OC(C)(C)C)CCN1C(=O)CNC(=O)c1ccco1. The van der Waals surface area contributed by atoms with Crippen molar-refractivity contribution < 1.29 is 28.3 Å². The van der Waals surface area contributed by atoms with Gasteiger partial charge in [-0.05, 0) is 39.0 Å². The van der Waals surface area contributed by atoms with E-state index in [1.54, 1.807) is 23.0 Å². The van der Waals surface area contributed by atoms with Crippen molar-refractivity contribution >= 4 is 17.9 Å². The maximum atomic E-state index is 13.1. The number of carbonyl (C=O) groups is 3. The number of amides is 3. The van der Waals surface area contributed by atoms with Crippen LogP contribution in [0.25, 0.3) is 0 Å². The van der Waals surface area contributed by atoms with Gasteiger partial charge in [0.05, 0.1) is 26.0 Å². The third-order valence-corrected chi connectivity index (χ3v) is 5.00. The van der Waals surface area contributed by atoms with Crippen molar-refractivity contribution in [3.05, 3.63) is 54.0 Å². The summed E-state index contributed by atoms with van der Waals surface area (Å²) in [5.74, 6) is 0.00372. The minimum Gasteiger partial charge on any atom is -0.496 e. The smallest absolute Gasteiger partial charge is 0.410 e. The number of piperazine rings is 1. The Morgan fingerprint density at radius 3 is 2.53 bits per heavy atom. The molecule has 1 aliphatic rings. The van der Waals surface area contributed by atoms with Crippen molar-refractivity contribution in [3.63, 3.8) is 0 Å². The highest BCUT2D eigenvalue weighted by Crippen LogP contribution is 2.32. The molecule has 0 radical (unpaired) electrons. The second kappa shape index (κ2) is 9.76. The maximum Gasteiger partial charge on any atom is 0.410 e. The predicted octanol–water partition coefficient (Wildman–Crippen LogP) is 2.84. The Bertz CT molecular complexity index is 951. The first kappa shape index (κ1) is 23.2. The Morgan fingerprint density at radius 2 is 1.88 bits per heavy atom. The summed E-state index contributed by atoms with van der Waals surface area (Å²) in [5.41, 5.74) is 0.147. The molecule has 9 nitrogen and oxygen atoms in total. The van der Waals surface area contributed by atoms with Crippen LogP contribution in [-0.4, -0.2) is 66.6 Å². The zero-order valence-corrected chi connectivity index (χ0v) is 18.8. The summed E-state index contributed by atoms with van der Waals surface area (Å²) < 4.78 is 16.1. The normalized spacial score (nSPS) is 16.4. The Morgan fingerprint density at radius 1 is 1.12 bits per heavy atom. The van der Waals surface area contributed by atoms with E-state index >= 15 is 0 Å². The minimum atomic E-state index is -0.625. The fraction of sp³-hybridized carbons (Fsp3) is 0.435. The van der Waals surface area contributed by atoms with E-state index in [9.17, 15) is 14.4 Å². The summed E-state index contributed by atoms with van der Waals surface area (Å²) in [7, 11) is 1.56. The van der Waals surface area contributed by atoms with Crippen molar-refractivity contribution in [2.24, 2.45) is 0 Å². The number of hydrogen-bond acceptors (Lipinski definition) is 6. The van der Waals surface area contributed by atoms with Crippen LogP contribution in [-0.2, 0) is 9.53 Å². The molecule has 2 heterocycles. The highest BCUT2D eigenvalue weighted by Gasteiger charge is 2.36. The predicted molar refractivity (Wildman–Crippen MR) is 116 cm³/mol. The molecule has 1 N–H and O–H groups in total. The summed E-state index contributed by atoms with van der Waals surface area (Å²) in [6.45, 7) is 6.08. The Kier molecular flexibility index (Phi) is 7.07. The summed E-state index contributed by atoms with van der Waals surface area (Å²) in [6.07, 6.45) is 0.959. The number of ether oxygens (including phenoxy) is 2. The lowest BCUT2D eigenvalue weighted by atomic mass is 10.0. The van der Waals surface area contributed by atoms with Gasteiger partial charge in [-0.15, -0.1) is 0 Å². The molecule has 32 heavy (non-hydrogen) atoms. The Balaban J connectivity index is 1.78. The molecule has 0 aliphatic carbocycles. The van der Waals surface area contributed by atoms with E-state index in [4.69, 9.17) is 13.9 Å². The monoisotopic (exact) mass is 443 g/mol. The van der Waals surface area contributed by atoms with Gasteiger partial charge in [-0.1, -0.05) is 18.2 Å². The van der Waals surface area contributed by atoms with Crippen LogP contribution in [0.2, 0.25) is 0 Å². The average Bonchev–Trinajstić information content (AvgIpc) is 3.30. The molecule has 1 aromatic heterocycles. The molecule has 1 atom stereocenters. The zero-order chi connectivity index (χ0) is 23.3. The van der Waals surface area contributed by atoms with Gasteiger partial charge in [-0.2, -0.15) is 0 Å². The quantitative estimate of drug-likeness (QED) is 0.763. The minimum absolute atomic E-state index is 0.133. The van der Waals surface area contributed by atoms with Crippen LogP contribution < -0.4 is 10.1 Å².